The van der Waals surface area contributed by atoms with Gasteiger partial charge in [-0.25, -0.2) is 0 Å². The largest absolute Gasteiger partial charge is 0.405 e. The van der Waals surface area contributed by atoms with Gasteiger partial charge in [0.15, 0.2) is 0 Å². The van der Waals surface area contributed by atoms with Crippen LogP contribution >= 0.6 is 0 Å². The Morgan fingerprint density at radius 3 is 2.41 bits per heavy atom. The predicted octanol–water partition coefficient (Wildman–Crippen LogP) is 1.17. The number of aromatic nitrogens is 2. The molecule has 0 bridgehead atoms. The predicted molar refractivity (Wildman–Crippen MR) is 57.3 cm³/mol. The van der Waals surface area contributed by atoms with E-state index >= 15 is 0 Å². The van der Waals surface area contributed by atoms with Crippen molar-refractivity contribution in [3.8, 4) is 0 Å². The molecule has 94 valence electrons. The van der Waals surface area contributed by atoms with E-state index in [2.05, 4.69) is 9.97 Å². The third-order valence-corrected chi connectivity index (χ3v) is 2.38. The van der Waals surface area contributed by atoms with Gasteiger partial charge in [0.1, 0.15) is 18.2 Å². The summed E-state index contributed by atoms with van der Waals surface area (Å²) in [6.45, 7) is -1.05. The van der Waals surface area contributed by atoms with Crippen molar-refractivity contribution in [1.82, 2.24) is 9.97 Å². The van der Waals surface area contributed by atoms with Crippen molar-refractivity contribution in [2.24, 2.45) is 0 Å². The number of hydrogen-bond donors (Lipinski definition) is 2. The molecule has 0 atom stereocenters. The molecule has 1 aromatic rings. The minimum Gasteiger partial charge on any atom is -0.383 e. The molecule has 17 heavy (non-hydrogen) atoms. The molecule has 1 aliphatic carbocycles. The standard InChI is InChI=1S/C9H12F3N5/c10-9(11,12)4-17(5-1-2-5)7-3-6(13)15-8(14)16-7/h3,5H,1-2,4H2,(H4,13,14,15,16). The fourth-order valence-corrected chi connectivity index (χ4v) is 1.60. The van der Waals surface area contributed by atoms with Crippen molar-refractivity contribution < 1.29 is 13.2 Å². The van der Waals surface area contributed by atoms with Crippen LogP contribution in [0, 0.1) is 0 Å². The first-order valence-corrected chi connectivity index (χ1v) is 5.08. The van der Waals surface area contributed by atoms with Gasteiger partial charge in [-0.1, -0.05) is 0 Å². The molecule has 0 saturated heterocycles. The second kappa shape index (κ2) is 3.94. The molecule has 0 aliphatic heterocycles. The number of alkyl halides is 3. The van der Waals surface area contributed by atoms with Crippen molar-refractivity contribution in [2.75, 3.05) is 22.9 Å². The summed E-state index contributed by atoms with van der Waals surface area (Å²) in [4.78, 5) is 8.60. The van der Waals surface area contributed by atoms with Crippen molar-refractivity contribution in [3.05, 3.63) is 6.07 Å². The van der Waals surface area contributed by atoms with Crippen LogP contribution in [0.25, 0.3) is 0 Å². The molecule has 0 aromatic carbocycles. The van der Waals surface area contributed by atoms with Gasteiger partial charge < -0.3 is 16.4 Å². The first-order valence-electron chi connectivity index (χ1n) is 5.08. The maximum absolute atomic E-state index is 12.4. The molecule has 2 rings (SSSR count). The van der Waals surface area contributed by atoms with Gasteiger partial charge in [0.25, 0.3) is 0 Å². The fourth-order valence-electron chi connectivity index (χ4n) is 1.60. The molecular formula is C9H12F3N5. The van der Waals surface area contributed by atoms with E-state index < -0.39 is 12.7 Å². The molecule has 0 amide bonds. The molecule has 1 fully saturated rings. The second-order valence-electron chi connectivity index (χ2n) is 3.98. The Morgan fingerprint density at radius 2 is 1.94 bits per heavy atom. The summed E-state index contributed by atoms with van der Waals surface area (Å²) in [5, 5.41) is 0. The van der Waals surface area contributed by atoms with Crippen molar-refractivity contribution in [2.45, 2.75) is 25.1 Å². The molecule has 4 N–H and O–H groups in total. The van der Waals surface area contributed by atoms with E-state index in [0.29, 0.717) is 0 Å². The van der Waals surface area contributed by atoms with Crippen LogP contribution in [0.3, 0.4) is 0 Å². The Morgan fingerprint density at radius 1 is 1.29 bits per heavy atom. The van der Waals surface area contributed by atoms with Crippen LogP contribution in [-0.4, -0.2) is 28.7 Å². The Labute approximate surface area is 95.6 Å². The minimum absolute atomic E-state index is 0.0697. The lowest BCUT2D eigenvalue weighted by molar-refractivity contribution is -0.120. The summed E-state index contributed by atoms with van der Waals surface area (Å²) in [6.07, 6.45) is -2.84. The quantitative estimate of drug-likeness (QED) is 0.838. The number of halogens is 3. The monoisotopic (exact) mass is 247 g/mol. The molecule has 1 aromatic heterocycles. The Hall–Kier alpha value is -1.73. The van der Waals surface area contributed by atoms with E-state index in [1.165, 1.54) is 11.0 Å². The highest BCUT2D eigenvalue weighted by atomic mass is 19.4. The van der Waals surface area contributed by atoms with Gasteiger partial charge in [0.05, 0.1) is 0 Å². The SMILES string of the molecule is Nc1cc(N(CC(F)(F)F)C2CC2)nc(N)n1. The van der Waals surface area contributed by atoms with Crippen LogP contribution < -0.4 is 16.4 Å². The molecule has 1 saturated carbocycles. The van der Waals surface area contributed by atoms with Gasteiger partial charge in [0.2, 0.25) is 5.95 Å². The fraction of sp³-hybridized carbons (Fsp3) is 0.556. The Bertz CT molecular complexity index is 395. The molecule has 0 radical (unpaired) electrons. The maximum atomic E-state index is 12.4. The van der Waals surface area contributed by atoms with Gasteiger partial charge in [0, 0.05) is 12.1 Å². The number of rotatable bonds is 3. The average Bonchev–Trinajstić information content (AvgIpc) is 2.94. The summed E-state index contributed by atoms with van der Waals surface area (Å²) in [6, 6.07) is 1.17. The van der Waals surface area contributed by atoms with Crippen LogP contribution in [0.1, 0.15) is 12.8 Å². The van der Waals surface area contributed by atoms with E-state index in [9.17, 15) is 13.2 Å². The van der Waals surface area contributed by atoms with Crippen LogP contribution in [-0.2, 0) is 0 Å². The van der Waals surface area contributed by atoms with E-state index in [1.54, 1.807) is 0 Å². The number of nitrogens with zero attached hydrogens (tertiary/aromatic N) is 3. The van der Waals surface area contributed by atoms with Gasteiger partial charge in [-0.15, -0.1) is 0 Å². The van der Waals surface area contributed by atoms with Crippen molar-refractivity contribution in [3.63, 3.8) is 0 Å². The summed E-state index contributed by atoms with van der Waals surface area (Å²) < 4.78 is 37.3. The highest BCUT2D eigenvalue weighted by Gasteiger charge is 2.39. The lowest BCUT2D eigenvalue weighted by Crippen LogP contribution is -2.36. The molecule has 5 nitrogen and oxygen atoms in total. The van der Waals surface area contributed by atoms with E-state index in [4.69, 9.17) is 11.5 Å². The number of anilines is 3. The van der Waals surface area contributed by atoms with Crippen molar-refractivity contribution in [1.29, 1.82) is 0 Å². The summed E-state index contributed by atoms with van der Waals surface area (Å²) in [5.74, 6) is 0.0861. The molecule has 1 aliphatic rings. The summed E-state index contributed by atoms with van der Waals surface area (Å²) in [5.41, 5.74) is 10.8. The first kappa shape index (κ1) is 11.7. The van der Waals surface area contributed by atoms with Gasteiger partial charge in [-0.2, -0.15) is 23.1 Å². The number of nitrogen functional groups attached to an aromatic ring is 2. The molecular weight excluding hydrogens is 235 g/mol. The van der Waals surface area contributed by atoms with E-state index in [-0.39, 0.29) is 23.6 Å². The Balaban J connectivity index is 2.26. The first-order chi connectivity index (χ1) is 7.85. The maximum Gasteiger partial charge on any atom is 0.405 e. The minimum atomic E-state index is -4.28. The molecule has 0 spiro atoms. The number of hydrogen-bond acceptors (Lipinski definition) is 5. The Kier molecular flexibility index (Phi) is 2.72. The lowest BCUT2D eigenvalue weighted by Gasteiger charge is -2.24. The highest BCUT2D eigenvalue weighted by molar-refractivity contribution is 5.52. The third kappa shape index (κ3) is 3.11. The van der Waals surface area contributed by atoms with E-state index in [0.717, 1.165) is 12.8 Å². The summed E-state index contributed by atoms with van der Waals surface area (Å²) >= 11 is 0. The highest BCUT2D eigenvalue weighted by Crippen LogP contribution is 2.34. The van der Waals surface area contributed by atoms with Crippen LogP contribution in [0.4, 0.5) is 30.8 Å². The zero-order valence-corrected chi connectivity index (χ0v) is 8.91. The van der Waals surface area contributed by atoms with Crippen LogP contribution in [0.15, 0.2) is 6.07 Å². The number of nitrogens with two attached hydrogens (primary N) is 2. The average molecular weight is 247 g/mol. The second-order valence-corrected chi connectivity index (χ2v) is 3.98. The molecule has 1 heterocycles. The molecule has 0 unspecified atom stereocenters. The smallest absolute Gasteiger partial charge is 0.383 e. The summed E-state index contributed by atoms with van der Waals surface area (Å²) in [7, 11) is 0. The van der Waals surface area contributed by atoms with Gasteiger partial charge in [-0.05, 0) is 12.8 Å². The zero-order valence-electron chi connectivity index (χ0n) is 8.91. The zero-order chi connectivity index (χ0) is 12.6. The van der Waals surface area contributed by atoms with Crippen LogP contribution in [0.2, 0.25) is 0 Å². The molecule has 8 heteroatoms. The van der Waals surface area contributed by atoms with Gasteiger partial charge in [-0.3, -0.25) is 0 Å². The van der Waals surface area contributed by atoms with Crippen molar-refractivity contribution >= 4 is 17.6 Å². The lowest BCUT2D eigenvalue weighted by atomic mass is 10.4. The topological polar surface area (TPSA) is 81.1 Å². The third-order valence-electron chi connectivity index (χ3n) is 2.38. The van der Waals surface area contributed by atoms with Gasteiger partial charge >= 0.3 is 6.18 Å². The normalized spacial score (nSPS) is 15.9. The van der Waals surface area contributed by atoms with Crippen LogP contribution in [0.5, 0.6) is 0 Å². The van der Waals surface area contributed by atoms with E-state index in [1.807, 2.05) is 0 Å².